The van der Waals surface area contributed by atoms with E-state index in [1.165, 1.54) is 24.3 Å². The van der Waals surface area contributed by atoms with Crippen molar-refractivity contribution in [1.29, 1.82) is 0 Å². The van der Waals surface area contributed by atoms with Gasteiger partial charge in [-0.05, 0) is 12.1 Å². The van der Waals surface area contributed by atoms with Crippen LogP contribution in [0.3, 0.4) is 0 Å². The van der Waals surface area contributed by atoms with E-state index in [1.807, 2.05) is 0 Å². The number of fused-ring (bicyclic) bond motifs is 1. The van der Waals surface area contributed by atoms with Gasteiger partial charge in [0.2, 0.25) is 0 Å². The number of rotatable bonds is 2. The smallest absolute Gasteiger partial charge is 0.321 e. The zero-order valence-electron chi connectivity index (χ0n) is 11.7. The molecule has 1 atom stereocenters. The van der Waals surface area contributed by atoms with Crippen LogP contribution in [0.4, 0.5) is 21.0 Å². The Bertz CT molecular complexity index is 617. The van der Waals surface area contributed by atoms with Gasteiger partial charge in [-0.1, -0.05) is 0 Å². The molecule has 9 heteroatoms. The Morgan fingerprint density at radius 1 is 1.32 bits per heavy atom. The van der Waals surface area contributed by atoms with Gasteiger partial charge in [0.15, 0.2) is 0 Å². The second-order valence-electron chi connectivity index (χ2n) is 5.21. The first kappa shape index (κ1) is 14.1. The first-order valence-electron chi connectivity index (χ1n) is 6.89. The lowest BCUT2D eigenvalue weighted by Gasteiger charge is -2.36. The average molecular weight is 305 g/mol. The minimum absolute atomic E-state index is 0.00357. The van der Waals surface area contributed by atoms with Crippen molar-refractivity contribution in [3.05, 3.63) is 34.4 Å². The summed E-state index contributed by atoms with van der Waals surface area (Å²) in [7, 11) is 0. The third kappa shape index (κ3) is 2.65. The third-order valence-electron chi connectivity index (χ3n) is 3.85. The van der Waals surface area contributed by atoms with Gasteiger partial charge in [-0.25, -0.2) is 9.59 Å². The number of piperazine rings is 1. The molecule has 0 spiro atoms. The van der Waals surface area contributed by atoms with Crippen LogP contribution in [0.15, 0.2) is 24.3 Å². The second kappa shape index (κ2) is 5.51. The number of benzene rings is 1. The number of hydrogen-bond acceptors (Lipinski definition) is 4. The average Bonchev–Trinajstić information content (AvgIpc) is 2.88. The summed E-state index contributed by atoms with van der Waals surface area (Å²) < 4.78 is 0. The van der Waals surface area contributed by atoms with Crippen molar-refractivity contribution < 1.29 is 14.5 Å². The molecule has 4 amide bonds. The molecule has 2 heterocycles. The molecule has 3 rings (SSSR count). The highest BCUT2D eigenvalue weighted by atomic mass is 16.6. The summed E-state index contributed by atoms with van der Waals surface area (Å²) in [5.41, 5.74) is 0.473. The van der Waals surface area contributed by atoms with E-state index in [0.29, 0.717) is 31.9 Å². The Labute approximate surface area is 126 Å². The lowest BCUT2D eigenvalue weighted by Crippen LogP contribution is -2.54. The van der Waals surface area contributed by atoms with Crippen molar-refractivity contribution in [3.8, 4) is 0 Å². The molecule has 116 valence electrons. The predicted octanol–water partition coefficient (Wildman–Crippen LogP) is 0.836. The number of nitro groups is 1. The quantitative estimate of drug-likeness (QED) is 0.623. The number of hydrogen-bond donors (Lipinski definition) is 2. The molecule has 0 bridgehead atoms. The fourth-order valence-electron chi connectivity index (χ4n) is 2.66. The predicted molar refractivity (Wildman–Crippen MR) is 77.6 cm³/mol. The van der Waals surface area contributed by atoms with Crippen LogP contribution in [-0.2, 0) is 0 Å². The Balaban J connectivity index is 1.60. The van der Waals surface area contributed by atoms with Crippen LogP contribution in [0.1, 0.15) is 0 Å². The van der Waals surface area contributed by atoms with E-state index in [-0.39, 0.29) is 23.8 Å². The van der Waals surface area contributed by atoms with Gasteiger partial charge in [0.1, 0.15) is 0 Å². The Kier molecular flexibility index (Phi) is 3.53. The summed E-state index contributed by atoms with van der Waals surface area (Å²) in [6.45, 7) is 1.98. The molecule has 0 saturated carbocycles. The summed E-state index contributed by atoms with van der Waals surface area (Å²) in [6, 6.07) is 5.32. The van der Waals surface area contributed by atoms with Gasteiger partial charge in [-0.3, -0.25) is 10.1 Å². The Hall–Kier alpha value is -2.84. The number of urea groups is 2. The lowest BCUT2D eigenvalue weighted by atomic mass is 10.2. The largest absolute Gasteiger partial charge is 0.336 e. The molecule has 0 radical (unpaired) electrons. The molecule has 0 aliphatic carbocycles. The van der Waals surface area contributed by atoms with Crippen LogP contribution in [0.2, 0.25) is 0 Å². The van der Waals surface area contributed by atoms with Crippen LogP contribution in [-0.4, -0.2) is 59.0 Å². The van der Waals surface area contributed by atoms with Crippen LogP contribution in [0, 0.1) is 10.1 Å². The monoisotopic (exact) mass is 305 g/mol. The molecule has 2 fully saturated rings. The van der Waals surface area contributed by atoms with E-state index in [2.05, 4.69) is 10.6 Å². The minimum atomic E-state index is -0.491. The van der Waals surface area contributed by atoms with Crippen molar-refractivity contribution in [2.45, 2.75) is 6.04 Å². The van der Waals surface area contributed by atoms with Gasteiger partial charge in [-0.2, -0.15) is 0 Å². The minimum Gasteiger partial charge on any atom is -0.336 e. The highest BCUT2D eigenvalue weighted by Gasteiger charge is 2.36. The van der Waals surface area contributed by atoms with E-state index in [0.717, 1.165) is 0 Å². The van der Waals surface area contributed by atoms with E-state index >= 15 is 0 Å². The zero-order valence-corrected chi connectivity index (χ0v) is 11.7. The highest BCUT2D eigenvalue weighted by Crippen LogP contribution is 2.18. The maximum absolute atomic E-state index is 12.2. The van der Waals surface area contributed by atoms with E-state index in [9.17, 15) is 19.7 Å². The number of carbonyl (C=O) groups excluding carboxylic acids is 2. The highest BCUT2D eigenvalue weighted by molar-refractivity contribution is 5.89. The summed E-state index contributed by atoms with van der Waals surface area (Å²) in [5.74, 6) is 0. The first-order chi connectivity index (χ1) is 10.5. The van der Waals surface area contributed by atoms with Crippen LogP contribution in [0.5, 0.6) is 0 Å². The SMILES string of the molecule is O=C(Nc1ccc([N+](=O)[O-])cc1)N1CCN2C(=O)NCC2C1. The van der Waals surface area contributed by atoms with Crippen LogP contribution >= 0.6 is 0 Å². The first-order valence-corrected chi connectivity index (χ1v) is 6.89. The molecule has 2 aliphatic rings. The van der Waals surface area contributed by atoms with Crippen molar-refractivity contribution in [2.75, 3.05) is 31.5 Å². The van der Waals surface area contributed by atoms with Crippen LogP contribution in [0.25, 0.3) is 0 Å². The lowest BCUT2D eigenvalue weighted by molar-refractivity contribution is -0.384. The van der Waals surface area contributed by atoms with E-state index < -0.39 is 4.92 Å². The zero-order chi connectivity index (χ0) is 15.7. The topological polar surface area (TPSA) is 108 Å². The number of nitro benzene ring substituents is 1. The molecule has 9 nitrogen and oxygen atoms in total. The summed E-state index contributed by atoms with van der Waals surface area (Å²) in [5, 5.41) is 16.0. The molecule has 2 saturated heterocycles. The number of nitrogens with one attached hydrogen (secondary N) is 2. The molecule has 22 heavy (non-hydrogen) atoms. The molecular weight excluding hydrogens is 290 g/mol. The van der Waals surface area contributed by atoms with Crippen LogP contribution < -0.4 is 10.6 Å². The van der Waals surface area contributed by atoms with Crippen molar-refractivity contribution in [1.82, 2.24) is 15.1 Å². The Morgan fingerprint density at radius 3 is 2.73 bits per heavy atom. The van der Waals surface area contributed by atoms with Gasteiger partial charge in [0, 0.05) is 44.0 Å². The molecule has 2 N–H and O–H groups in total. The molecule has 1 aromatic carbocycles. The number of nitrogens with zero attached hydrogens (tertiary/aromatic N) is 3. The van der Waals surface area contributed by atoms with Gasteiger partial charge in [-0.15, -0.1) is 0 Å². The van der Waals surface area contributed by atoms with Crippen molar-refractivity contribution in [3.63, 3.8) is 0 Å². The summed E-state index contributed by atoms with van der Waals surface area (Å²) in [4.78, 5) is 37.2. The normalized spacial score (nSPS) is 20.4. The number of carbonyl (C=O) groups is 2. The fourth-order valence-corrected chi connectivity index (χ4v) is 2.66. The molecule has 1 aromatic rings. The van der Waals surface area contributed by atoms with Gasteiger partial charge in [0.25, 0.3) is 5.69 Å². The van der Waals surface area contributed by atoms with Gasteiger partial charge in [0.05, 0.1) is 11.0 Å². The third-order valence-corrected chi connectivity index (χ3v) is 3.85. The standard InChI is InChI=1S/C13H15N5O4/c19-12-14-7-11-8-16(5-6-17(11)12)13(20)15-9-1-3-10(4-2-9)18(21)22/h1-4,11H,5-8H2,(H,14,19)(H,15,20). The summed E-state index contributed by atoms with van der Waals surface area (Å²) in [6.07, 6.45) is 0. The fraction of sp³-hybridized carbons (Fsp3) is 0.385. The number of non-ortho nitro benzene ring substituents is 1. The molecule has 0 aromatic heterocycles. The maximum Gasteiger partial charge on any atom is 0.321 e. The second-order valence-corrected chi connectivity index (χ2v) is 5.21. The van der Waals surface area contributed by atoms with E-state index in [4.69, 9.17) is 0 Å². The van der Waals surface area contributed by atoms with Crippen molar-refractivity contribution in [2.24, 2.45) is 0 Å². The van der Waals surface area contributed by atoms with Gasteiger partial charge >= 0.3 is 12.1 Å². The Morgan fingerprint density at radius 2 is 2.05 bits per heavy atom. The number of amides is 4. The molecule has 2 aliphatic heterocycles. The van der Waals surface area contributed by atoms with Gasteiger partial charge < -0.3 is 20.4 Å². The molecule has 1 unspecified atom stereocenters. The van der Waals surface area contributed by atoms with Crippen molar-refractivity contribution >= 4 is 23.4 Å². The molecular formula is C13H15N5O4. The maximum atomic E-state index is 12.2. The van der Waals surface area contributed by atoms with E-state index in [1.54, 1.807) is 9.80 Å². The summed E-state index contributed by atoms with van der Waals surface area (Å²) >= 11 is 0. The number of anilines is 1.